The fourth-order valence-electron chi connectivity index (χ4n) is 3.23. The number of carbonyl (C=O) groups excluding carboxylic acids is 1. The molecular formula is C16H20N5O3S-. The van der Waals surface area contributed by atoms with Gasteiger partial charge in [-0.3, -0.25) is 13.7 Å². The van der Waals surface area contributed by atoms with Crippen LogP contribution in [0.5, 0.6) is 0 Å². The first-order valence-electron chi connectivity index (χ1n) is 8.27. The van der Waals surface area contributed by atoms with E-state index in [4.69, 9.17) is 0 Å². The Balaban J connectivity index is 1.77. The van der Waals surface area contributed by atoms with E-state index < -0.39 is 17.1 Å². The van der Waals surface area contributed by atoms with Crippen LogP contribution >= 0.6 is 0 Å². The van der Waals surface area contributed by atoms with E-state index in [-0.39, 0.29) is 11.7 Å². The molecule has 1 amide bonds. The molecule has 3 rings (SSSR count). The van der Waals surface area contributed by atoms with Gasteiger partial charge in [0.2, 0.25) is 5.91 Å². The van der Waals surface area contributed by atoms with E-state index in [0.717, 1.165) is 12.8 Å². The topological polar surface area (TPSA) is 113 Å². The minimum absolute atomic E-state index is 0.107. The van der Waals surface area contributed by atoms with Gasteiger partial charge in [-0.1, -0.05) is 36.8 Å². The zero-order valence-corrected chi connectivity index (χ0v) is 14.5. The molecule has 0 saturated heterocycles. The molecule has 0 bridgehead atoms. The molecule has 1 aliphatic carbocycles. The van der Waals surface area contributed by atoms with Gasteiger partial charge < -0.3 is 9.87 Å². The predicted octanol–water partition coefficient (Wildman–Crippen LogP) is 1.81. The molecule has 25 heavy (non-hydrogen) atoms. The highest BCUT2D eigenvalue weighted by molar-refractivity contribution is 7.78. The van der Waals surface area contributed by atoms with Crippen molar-refractivity contribution in [1.29, 1.82) is 0 Å². The Morgan fingerprint density at radius 3 is 2.92 bits per heavy atom. The summed E-state index contributed by atoms with van der Waals surface area (Å²) in [4.78, 5) is 20.6. The van der Waals surface area contributed by atoms with Gasteiger partial charge in [-0.05, 0) is 18.4 Å². The van der Waals surface area contributed by atoms with Crippen molar-refractivity contribution < 1.29 is 13.6 Å². The molecule has 134 valence electrons. The first-order valence-corrected chi connectivity index (χ1v) is 9.52. The van der Waals surface area contributed by atoms with E-state index >= 15 is 0 Å². The smallest absolute Gasteiger partial charge is 0.250 e. The second kappa shape index (κ2) is 8.30. The average Bonchev–Trinajstić information content (AvgIpc) is 3.24. The first kappa shape index (κ1) is 17.7. The van der Waals surface area contributed by atoms with Crippen LogP contribution in [-0.2, 0) is 21.6 Å². The first-order chi connectivity index (χ1) is 12.1. The van der Waals surface area contributed by atoms with Crippen molar-refractivity contribution in [3.63, 3.8) is 0 Å². The van der Waals surface area contributed by atoms with Crippen LogP contribution in [-0.4, -0.2) is 34.4 Å². The molecule has 0 aliphatic heterocycles. The molecular weight excluding hydrogens is 342 g/mol. The van der Waals surface area contributed by atoms with Gasteiger partial charge in [0.15, 0.2) is 0 Å². The second-order valence-electron chi connectivity index (χ2n) is 6.26. The molecule has 9 heteroatoms. The number of anilines is 1. The minimum atomic E-state index is -2.18. The van der Waals surface area contributed by atoms with Gasteiger partial charge in [0, 0.05) is 23.7 Å². The summed E-state index contributed by atoms with van der Waals surface area (Å²) >= 11 is -2.18. The Hall–Kier alpha value is -2.13. The number of rotatable bonds is 7. The Bertz CT molecular complexity index is 730. The summed E-state index contributed by atoms with van der Waals surface area (Å²) in [6.45, 7) is 0. The third kappa shape index (κ3) is 4.93. The van der Waals surface area contributed by atoms with Gasteiger partial charge in [-0.15, -0.1) is 0 Å². The largest absolute Gasteiger partial charge is 0.772 e. The van der Waals surface area contributed by atoms with Crippen molar-refractivity contribution in [2.45, 2.75) is 43.9 Å². The zero-order valence-electron chi connectivity index (χ0n) is 13.7. The van der Waals surface area contributed by atoms with Crippen LogP contribution in [0.2, 0.25) is 0 Å². The maximum Gasteiger partial charge on any atom is 0.250 e. The minimum Gasteiger partial charge on any atom is -0.772 e. The zero-order chi connectivity index (χ0) is 17.6. The van der Waals surface area contributed by atoms with E-state index in [9.17, 15) is 13.6 Å². The van der Waals surface area contributed by atoms with Crippen molar-refractivity contribution >= 4 is 22.8 Å². The quantitative estimate of drug-likeness (QED) is 0.752. The summed E-state index contributed by atoms with van der Waals surface area (Å²) in [7, 11) is 0. The number of hydrogen-bond acceptors (Lipinski definition) is 6. The standard InChI is InChI=1S/C16H21N5O3S/c22-16(20-15-5-6-17-11-18-15)14(7-12-3-1-2-4-12)21-9-13(8-19-21)10-25(23)24/h5-6,8-9,11-12,14H,1-4,7,10H2,(H,23,24)(H,17,18,20,22)/p-1/t14-/m0/s1. The molecule has 1 N–H and O–H groups in total. The Morgan fingerprint density at radius 1 is 1.44 bits per heavy atom. The fourth-order valence-corrected chi connectivity index (χ4v) is 3.65. The molecule has 1 aliphatic rings. The molecule has 1 saturated carbocycles. The lowest BCUT2D eigenvalue weighted by atomic mass is 9.98. The van der Waals surface area contributed by atoms with E-state index in [1.54, 1.807) is 23.1 Å². The Morgan fingerprint density at radius 2 is 2.24 bits per heavy atom. The van der Waals surface area contributed by atoms with Crippen molar-refractivity contribution in [1.82, 2.24) is 19.7 Å². The van der Waals surface area contributed by atoms with Crippen LogP contribution in [0.25, 0.3) is 0 Å². The van der Waals surface area contributed by atoms with Crippen LogP contribution < -0.4 is 5.32 Å². The summed E-state index contributed by atoms with van der Waals surface area (Å²) in [5.74, 6) is 0.597. The van der Waals surface area contributed by atoms with Crippen molar-refractivity contribution in [3.8, 4) is 0 Å². The van der Waals surface area contributed by atoms with Crippen LogP contribution in [0.3, 0.4) is 0 Å². The third-order valence-corrected chi connectivity index (χ3v) is 5.00. The lowest BCUT2D eigenvalue weighted by molar-refractivity contribution is -0.120. The number of carbonyl (C=O) groups is 1. The molecule has 1 fully saturated rings. The average molecular weight is 362 g/mol. The SMILES string of the molecule is O=C(Nc1ccncn1)[C@H](CC1CCCC1)n1cc(CS(=O)[O-])cn1. The third-order valence-electron chi connectivity index (χ3n) is 4.43. The van der Waals surface area contributed by atoms with Gasteiger partial charge in [-0.2, -0.15) is 5.10 Å². The number of nitrogens with zero attached hydrogens (tertiary/aromatic N) is 4. The lowest BCUT2D eigenvalue weighted by Gasteiger charge is -2.20. The van der Waals surface area contributed by atoms with Crippen LogP contribution in [0.4, 0.5) is 5.82 Å². The number of nitrogens with one attached hydrogen (secondary N) is 1. The Kier molecular flexibility index (Phi) is 5.87. The molecule has 2 aromatic heterocycles. The summed E-state index contributed by atoms with van der Waals surface area (Å²) in [5, 5.41) is 7.02. The van der Waals surface area contributed by atoms with Crippen molar-refractivity contribution in [2.75, 3.05) is 5.32 Å². The van der Waals surface area contributed by atoms with Crippen LogP contribution in [0, 0.1) is 5.92 Å². The molecule has 8 nitrogen and oxygen atoms in total. The number of amides is 1. The second-order valence-corrected chi connectivity index (χ2v) is 7.16. The maximum absolute atomic E-state index is 12.8. The van der Waals surface area contributed by atoms with Crippen LogP contribution in [0.1, 0.15) is 43.7 Å². The van der Waals surface area contributed by atoms with Gasteiger partial charge >= 0.3 is 0 Å². The van der Waals surface area contributed by atoms with E-state index in [2.05, 4.69) is 20.4 Å². The summed E-state index contributed by atoms with van der Waals surface area (Å²) in [5.41, 5.74) is 0.569. The molecule has 0 spiro atoms. The highest BCUT2D eigenvalue weighted by Crippen LogP contribution is 2.32. The van der Waals surface area contributed by atoms with Gasteiger partial charge in [0.1, 0.15) is 18.2 Å². The van der Waals surface area contributed by atoms with Crippen LogP contribution in [0.15, 0.2) is 31.0 Å². The molecule has 2 heterocycles. The number of aromatic nitrogens is 4. The fraction of sp³-hybridized carbons (Fsp3) is 0.500. The summed E-state index contributed by atoms with van der Waals surface area (Å²) < 4.78 is 23.3. The Labute approximate surface area is 148 Å². The molecule has 2 aromatic rings. The normalized spacial score (nSPS) is 17.3. The molecule has 0 radical (unpaired) electrons. The highest BCUT2D eigenvalue weighted by Gasteiger charge is 2.27. The molecule has 1 unspecified atom stereocenters. The predicted molar refractivity (Wildman–Crippen MR) is 91.1 cm³/mol. The summed E-state index contributed by atoms with van der Waals surface area (Å²) in [6.07, 6.45) is 11.3. The number of hydrogen-bond donors (Lipinski definition) is 1. The van der Waals surface area contributed by atoms with E-state index in [0.29, 0.717) is 23.7 Å². The van der Waals surface area contributed by atoms with Gasteiger partial charge in [0.25, 0.3) is 0 Å². The van der Waals surface area contributed by atoms with Gasteiger partial charge in [-0.25, -0.2) is 9.97 Å². The van der Waals surface area contributed by atoms with Gasteiger partial charge in [0.05, 0.1) is 6.20 Å². The molecule has 2 atom stereocenters. The highest BCUT2D eigenvalue weighted by atomic mass is 32.2. The van der Waals surface area contributed by atoms with Crippen molar-refractivity contribution in [2.24, 2.45) is 5.92 Å². The molecule has 0 aromatic carbocycles. The maximum atomic E-state index is 12.8. The monoisotopic (exact) mass is 362 g/mol. The van der Waals surface area contributed by atoms with Crippen molar-refractivity contribution in [3.05, 3.63) is 36.5 Å². The lowest BCUT2D eigenvalue weighted by Crippen LogP contribution is -2.28. The van der Waals surface area contributed by atoms with E-state index in [1.807, 2.05) is 0 Å². The summed E-state index contributed by atoms with van der Waals surface area (Å²) in [6, 6.07) is 1.13. The van der Waals surface area contributed by atoms with E-state index in [1.165, 1.54) is 25.4 Å².